The van der Waals surface area contributed by atoms with E-state index < -0.39 is 6.10 Å². The van der Waals surface area contributed by atoms with Crippen molar-refractivity contribution in [1.29, 1.82) is 0 Å². The van der Waals surface area contributed by atoms with E-state index >= 15 is 0 Å². The van der Waals surface area contributed by atoms with Gasteiger partial charge in [-0.2, -0.15) is 0 Å². The predicted molar refractivity (Wildman–Crippen MR) is 99.1 cm³/mol. The fourth-order valence-corrected chi connectivity index (χ4v) is 3.89. The molecule has 0 aromatic carbocycles. The van der Waals surface area contributed by atoms with Crippen molar-refractivity contribution < 1.29 is 14.3 Å². The Kier molecular flexibility index (Phi) is 6.52. The maximum absolute atomic E-state index is 12.7. The Morgan fingerprint density at radius 3 is 2.40 bits per heavy atom. The minimum atomic E-state index is -0.411. The van der Waals surface area contributed by atoms with Crippen LogP contribution in [-0.4, -0.2) is 37.1 Å². The lowest BCUT2D eigenvalue weighted by atomic mass is 9.72. The number of nitrogens with one attached hydrogen (secondary N) is 2. The second-order valence-electron chi connectivity index (χ2n) is 9.30. The number of hydrogen-bond acceptors (Lipinski definition) is 3. The third-order valence-corrected chi connectivity index (χ3v) is 5.68. The SMILES string of the molecule is COC(CC(C)C)C(=O)NCC1(NC(=O)C2CCCC(C)(C)C2)CC1. The lowest BCUT2D eigenvalue weighted by molar-refractivity contribution is -0.133. The molecular weight excluding hydrogens is 316 g/mol. The maximum Gasteiger partial charge on any atom is 0.249 e. The number of rotatable bonds is 8. The van der Waals surface area contributed by atoms with Crippen molar-refractivity contribution in [1.82, 2.24) is 10.6 Å². The minimum Gasteiger partial charge on any atom is -0.372 e. The van der Waals surface area contributed by atoms with Crippen LogP contribution in [-0.2, 0) is 14.3 Å². The van der Waals surface area contributed by atoms with Gasteiger partial charge in [0.1, 0.15) is 6.10 Å². The van der Waals surface area contributed by atoms with Crippen molar-refractivity contribution in [3.8, 4) is 0 Å². The first kappa shape index (κ1) is 20.2. The number of amides is 2. The highest BCUT2D eigenvalue weighted by molar-refractivity contribution is 5.82. The Labute approximate surface area is 152 Å². The summed E-state index contributed by atoms with van der Waals surface area (Å²) in [4.78, 5) is 25.0. The third kappa shape index (κ3) is 5.98. The van der Waals surface area contributed by atoms with Crippen LogP contribution in [0.4, 0.5) is 0 Å². The fourth-order valence-electron chi connectivity index (χ4n) is 3.89. The van der Waals surface area contributed by atoms with E-state index in [9.17, 15) is 9.59 Å². The normalized spacial score (nSPS) is 25.3. The Morgan fingerprint density at radius 1 is 1.20 bits per heavy atom. The second kappa shape index (κ2) is 8.07. The molecule has 0 spiro atoms. The number of carbonyl (C=O) groups excluding carboxylic acids is 2. The summed E-state index contributed by atoms with van der Waals surface area (Å²) in [5.74, 6) is 0.616. The fraction of sp³-hybridized carbons (Fsp3) is 0.900. The topological polar surface area (TPSA) is 67.4 Å². The van der Waals surface area contributed by atoms with Gasteiger partial charge >= 0.3 is 0 Å². The maximum atomic E-state index is 12.7. The van der Waals surface area contributed by atoms with Gasteiger partial charge in [0, 0.05) is 19.6 Å². The molecule has 2 saturated carbocycles. The average molecular weight is 353 g/mol. The van der Waals surface area contributed by atoms with Crippen molar-refractivity contribution in [2.45, 2.75) is 84.3 Å². The first-order chi connectivity index (χ1) is 11.7. The molecular formula is C20H36N2O3. The van der Waals surface area contributed by atoms with Crippen LogP contribution in [0.2, 0.25) is 0 Å². The van der Waals surface area contributed by atoms with Crippen LogP contribution in [0.1, 0.15) is 72.6 Å². The average Bonchev–Trinajstić information content (AvgIpc) is 3.29. The molecule has 5 nitrogen and oxygen atoms in total. The molecule has 5 heteroatoms. The molecule has 2 rings (SSSR count). The molecule has 144 valence electrons. The predicted octanol–water partition coefficient (Wildman–Crippen LogP) is 3.03. The van der Waals surface area contributed by atoms with Gasteiger partial charge in [-0.1, -0.05) is 34.1 Å². The minimum absolute atomic E-state index is 0.0736. The van der Waals surface area contributed by atoms with Gasteiger partial charge < -0.3 is 15.4 Å². The van der Waals surface area contributed by atoms with E-state index in [4.69, 9.17) is 4.74 Å². The number of hydrogen-bond donors (Lipinski definition) is 2. The highest BCUT2D eigenvalue weighted by Crippen LogP contribution is 2.40. The van der Waals surface area contributed by atoms with Crippen molar-refractivity contribution >= 4 is 11.8 Å². The molecule has 2 aliphatic carbocycles. The summed E-state index contributed by atoms with van der Waals surface area (Å²) in [7, 11) is 1.58. The van der Waals surface area contributed by atoms with E-state index in [1.807, 2.05) is 0 Å². The summed E-state index contributed by atoms with van der Waals surface area (Å²) in [5.41, 5.74) is 0.0260. The summed E-state index contributed by atoms with van der Waals surface area (Å²) in [5, 5.41) is 6.22. The van der Waals surface area contributed by atoms with Gasteiger partial charge in [-0.3, -0.25) is 9.59 Å². The smallest absolute Gasteiger partial charge is 0.249 e. The van der Waals surface area contributed by atoms with E-state index in [2.05, 4.69) is 38.3 Å². The van der Waals surface area contributed by atoms with Crippen LogP contribution >= 0.6 is 0 Å². The number of ether oxygens (including phenoxy) is 1. The van der Waals surface area contributed by atoms with E-state index in [-0.39, 0.29) is 28.7 Å². The second-order valence-corrected chi connectivity index (χ2v) is 9.30. The lowest BCUT2D eigenvalue weighted by Crippen LogP contribution is -2.50. The Morgan fingerprint density at radius 2 is 1.88 bits per heavy atom. The summed E-state index contributed by atoms with van der Waals surface area (Å²) >= 11 is 0. The molecule has 2 fully saturated rings. The van der Waals surface area contributed by atoms with E-state index in [0.29, 0.717) is 18.9 Å². The molecule has 25 heavy (non-hydrogen) atoms. The largest absolute Gasteiger partial charge is 0.372 e. The van der Waals surface area contributed by atoms with E-state index in [0.717, 1.165) is 32.1 Å². The van der Waals surface area contributed by atoms with Crippen LogP contribution in [0.15, 0.2) is 0 Å². The van der Waals surface area contributed by atoms with Gasteiger partial charge in [0.15, 0.2) is 0 Å². The van der Waals surface area contributed by atoms with Crippen molar-refractivity contribution in [2.75, 3.05) is 13.7 Å². The van der Waals surface area contributed by atoms with Crippen LogP contribution in [0, 0.1) is 17.3 Å². The summed E-state index contributed by atoms with van der Waals surface area (Å²) in [6.45, 7) is 9.16. The van der Waals surface area contributed by atoms with Crippen LogP contribution < -0.4 is 10.6 Å². The standard InChI is InChI=1S/C20H36N2O3/c1-14(2)11-16(25-5)18(24)21-13-20(9-10-20)22-17(23)15-7-6-8-19(3,4)12-15/h14-16H,6-13H2,1-5H3,(H,21,24)(H,22,23). The molecule has 2 atom stereocenters. The van der Waals surface area contributed by atoms with Gasteiger partial charge in [-0.15, -0.1) is 0 Å². The molecule has 0 aromatic rings. The molecule has 0 saturated heterocycles. The van der Waals surface area contributed by atoms with Gasteiger partial charge in [0.2, 0.25) is 11.8 Å². The highest BCUT2D eigenvalue weighted by atomic mass is 16.5. The molecule has 0 aromatic heterocycles. The zero-order valence-corrected chi connectivity index (χ0v) is 16.6. The quantitative estimate of drug-likeness (QED) is 0.705. The monoisotopic (exact) mass is 352 g/mol. The first-order valence-corrected chi connectivity index (χ1v) is 9.79. The van der Waals surface area contributed by atoms with Gasteiger partial charge in [0.05, 0.1) is 5.54 Å². The van der Waals surface area contributed by atoms with Crippen LogP contribution in [0.25, 0.3) is 0 Å². The van der Waals surface area contributed by atoms with Crippen molar-refractivity contribution in [3.63, 3.8) is 0 Å². The number of carbonyl (C=O) groups is 2. The van der Waals surface area contributed by atoms with E-state index in [1.54, 1.807) is 7.11 Å². The van der Waals surface area contributed by atoms with E-state index in [1.165, 1.54) is 6.42 Å². The molecule has 2 unspecified atom stereocenters. The van der Waals surface area contributed by atoms with Gasteiger partial charge in [0.25, 0.3) is 0 Å². The van der Waals surface area contributed by atoms with Crippen LogP contribution in [0.3, 0.4) is 0 Å². The number of methoxy groups -OCH3 is 1. The van der Waals surface area contributed by atoms with Crippen LogP contribution in [0.5, 0.6) is 0 Å². The third-order valence-electron chi connectivity index (χ3n) is 5.68. The zero-order chi connectivity index (χ0) is 18.7. The van der Waals surface area contributed by atoms with Gasteiger partial charge in [-0.25, -0.2) is 0 Å². The first-order valence-electron chi connectivity index (χ1n) is 9.79. The zero-order valence-electron chi connectivity index (χ0n) is 16.6. The highest BCUT2D eigenvalue weighted by Gasteiger charge is 2.46. The van der Waals surface area contributed by atoms with Crippen molar-refractivity contribution in [3.05, 3.63) is 0 Å². The molecule has 0 aliphatic heterocycles. The lowest BCUT2D eigenvalue weighted by Gasteiger charge is -2.35. The Balaban J connectivity index is 1.82. The Bertz CT molecular complexity index is 483. The molecule has 2 aliphatic rings. The molecule has 2 amide bonds. The summed E-state index contributed by atoms with van der Waals surface area (Å²) < 4.78 is 5.31. The molecule has 0 bridgehead atoms. The molecule has 0 heterocycles. The molecule has 2 N–H and O–H groups in total. The van der Waals surface area contributed by atoms with Crippen molar-refractivity contribution in [2.24, 2.45) is 17.3 Å². The summed E-state index contributed by atoms with van der Waals surface area (Å²) in [6, 6.07) is 0. The Hall–Kier alpha value is -1.10. The summed E-state index contributed by atoms with van der Waals surface area (Å²) in [6.07, 6.45) is 6.45. The molecule has 0 radical (unpaired) electrons. The van der Waals surface area contributed by atoms with Gasteiger partial charge in [-0.05, 0) is 49.9 Å².